The zero-order valence-electron chi connectivity index (χ0n) is 26.2. The molecule has 3 aromatic carbocycles. The van der Waals surface area contributed by atoms with Crippen LogP contribution < -0.4 is 14.4 Å². The van der Waals surface area contributed by atoms with Crippen LogP contribution in [-0.4, -0.2) is 50.9 Å². The topological polar surface area (TPSA) is 96.0 Å². The van der Waals surface area contributed by atoms with Crippen molar-refractivity contribution in [1.29, 1.82) is 0 Å². The summed E-state index contributed by atoms with van der Waals surface area (Å²) in [4.78, 5) is 29.6. The molecular weight excluding hydrogens is 574 g/mol. The Bertz CT molecular complexity index is 1470. The first kappa shape index (κ1) is 33.1. The maximum Gasteiger partial charge on any atom is 0.264 e. The van der Waals surface area contributed by atoms with E-state index in [2.05, 4.69) is 19.2 Å². The lowest BCUT2D eigenvalue weighted by atomic mass is 9.95. The van der Waals surface area contributed by atoms with Crippen molar-refractivity contribution in [1.82, 2.24) is 10.2 Å². The largest absolute Gasteiger partial charge is 0.497 e. The number of benzene rings is 3. The summed E-state index contributed by atoms with van der Waals surface area (Å²) in [5.41, 5.74) is 2.25. The molecule has 0 radical (unpaired) electrons. The Balaban J connectivity index is 1.70. The SMILES string of the molecule is CC[C@@H](C(=O)NC1CCCCC1)N(Cc1ccc(OC)cc1)C(=O)CN(c1ccc(C(C)C)cc1)S(=O)(=O)c1ccccc1. The highest BCUT2D eigenvalue weighted by Gasteiger charge is 2.34. The molecule has 9 heteroatoms. The summed E-state index contributed by atoms with van der Waals surface area (Å²) in [5, 5.41) is 3.18. The van der Waals surface area contributed by atoms with Gasteiger partial charge < -0.3 is 15.0 Å². The van der Waals surface area contributed by atoms with Gasteiger partial charge in [0.1, 0.15) is 18.3 Å². The molecule has 0 aromatic heterocycles. The second-order valence-corrected chi connectivity index (χ2v) is 13.6. The summed E-state index contributed by atoms with van der Waals surface area (Å²) in [5.74, 6) is 0.274. The van der Waals surface area contributed by atoms with Crippen molar-refractivity contribution >= 4 is 27.5 Å². The van der Waals surface area contributed by atoms with E-state index < -0.39 is 28.5 Å². The van der Waals surface area contributed by atoms with E-state index >= 15 is 0 Å². The summed E-state index contributed by atoms with van der Waals surface area (Å²) in [6, 6.07) is 22.0. The molecule has 236 valence electrons. The lowest BCUT2D eigenvalue weighted by molar-refractivity contribution is -0.140. The first-order valence-electron chi connectivity index (χ1n) is 15.5. The summed E-state index contributed by atoms with van der Waals surface area (Å²) in [7, 11) is -2.52. The summed E-state index contributed by atoms with van der Waals surface area (Å²) >= 11 is 0. The Morgan fingerprint density at radius 3 is 2.11 bits per heavy atom. The molecule has 4 rings (SSSR count). The summed E-state index contributed by atoms with van der Waals surface area (Å²) in [6.07, 6.45) is 5.52. The molecule has 1 aliphatic carbocycles. The zero-order valence-corrected chi connectivity index (χ0v) is 27.1. The fraction of sp³-hybridized carbons (Fsp3) is 0.429. The molecule has 0 spiro atoms. The van der Waals surface area contributed by atoms with E-state index in [9.17, 15) is 18.0 Å². The highest BCUT2D eigenvalue weighted by Crippen LogP contribution is 2.27. The quantitative estimate of drug-likeness (QED) is 0.243. The monoisotopic (exact) mass is 619 g/mol. The molecule has 0 heterocycles. The minimum absolute atomic E-state index is 0.0812. The number of amides is 2. The summed E-state index contributed by atoms with van der Waals surface area (Å²) in [6.45, 7) is 5.70. The van der Waals surface area contributed by atoms with Gasteiger partial charge >= 0.3 is 0 Å². The number of carbonyl (C=O) groups excluding carboxylic acids is 2. The van der Waals surface area contributed by atoms with Crippen LogP contribution in [0.5, 0.6) is 5.75 Å². The third-order valence-corrected chi connectivity index (χ3v) is 10.1. The van der Waals surface area contributed by atoms with Gasteiger partial charge in [-0.05, 0) is 72.7 Å². The van der Waals surface area contributed by atoms with Crippen LogP contribution in [0, 0.1) is 0 Å². The van der Waals surface area contributed by atoms with E-state index in [-0.39, 0.29) is 29.3 Å². The molecule has 0 aliphatic heterocycles. The van der Waals surface area contributed by atoms with Gasteiger partial charge in [0.15, 0.2) is 0 Å². The normalized spacial score (nSPS) is 14.6. The van der Waals surface area contributed by atoms with Crippen LogP contribution in [0.4, 0.5) is 5.69 Å². The fourth-order valence-electron chi connectivity index (χ4n) is 5.67. The van der Waals surface area contributed by atoms with Crippen LogP contribution in [0.1, 0.15) is 76.3 Å². The van der Waals surface area contributed by atoms with Gasteiger partial charge in [0.05, 0.1) is 17.7 Å². The highest BCUT2D eigenvalue weighted by atomic mass is 32.2. The van der Waals surface area contributed by atoms with E-state index in [1.807, 2.05) is 43.3 Å². The number of sulfonamides is 1. The van der Waals surface area contributed by atoms with Gasteiger partial charge in [-0.15, -0.1) is 0 Å². The van der Waals surface area contributed by atoms with Crippen molar-refractivity contribution in [2.45, 2.75) is 88.7 Å². The standard InChI is InChI=1S/C35H45N3O5S/c1-5-33(35(40)36-29-12-8-6-9-13-29)37(24-27-16-22-31(43-4)23-17-27)34(39)25-38(30-20-18-28(19-21-30)26(2)3)44(41,42)32-14-10-7-11-15-32/h7,10-11,14-23,26,29,33H,5-6,8-9,12-13,24-25H2,1-4H3,(H,36,40)/t33-/m0/s1. The second kappa shape index (κ2) is 15.2. The number of ether oxygens (including phenoxy) is 1. The maximum absolute atomic E-state index is 14.3. The highest BCUT2D eigenvalue weighted by molar-refractivity contribution is 7.92. The van der Waals surface area contributed by atoms with Crippen molar-refractivity contribution in [2.75, 3.05) is 18.0 Å². The van der Waals surface area contributed by atoms with Gasteiger partial charge in [-0.3, -0.25) is 13.9 Å². The van der Waals surface area contributed by atoms with Crippen LogP contribution >= 0.6 is 0 Å². The predicted octanol–water partition coefficient (Wildman–Crippen LogP) is 6.27. The number of anilines is 1. The van der Waals surface area contributed by atoms with Crippen LogP contribution in [0.2, 0.25) is 0 Å². The molecule has 8 nitrogen and oxygen atoms in total. The maximum atomic E-state index is 14.3. The zero-order chi connectivity index (χ0) is 31.7. The average molecular weight is 620 g/mol. The molecule has 1 atom stereocenters. The molecule has 2 amide bonds. The Morgan fingerprint density at radius 1 is 0.909 bits per heavy atom. The number of methoxy groups -OCH3 is 1. The molecule has 1 aliphatic rings. The van der Waals surface area contributed by atoms with Crippen molar-refractivity contribution < 1.29 is 22.7 Å². The van der Waals surface area contributed by atoms with Gasteiger partial charge in [0.2, 0.25) is 11.8 Å². The minimum Gasteiger partial charge on any atom is -0.497 e. The smallest absolute Gasteiger partial charge is 0.264 e. The van der Waals surface area contributed by atoms with Gasteiger partial charge in [0.25, 0.3) is 10.0 Å². The van der Waals surface area contributed by atoms with Gasteiger partial charge in [-0.25, -0.2) is 8.42 Å². The van der Waals surface area contributed by atoms with Crippen molar-refractivity contribution in [3.05, 3.63) is 90.0 Å². The Morgan fingerprint density at radius 2 is 1.55 bits per heavy atom. The van der Waals surface area contributed by atoms with E-state index in [0.717, 1.165) is 47.5 Å². The number of carbonyl (C=O) groups is 2. The van der Waals surface area contributed by atoms with E-state index in [4.69, 9.17) is 4.74 Å². The van der Waals surface area contributed by atoms with Gasteiger partial charge in [0, 0.05) is 12.6 Å². The third-order valence-electron chi connectivity index (χ3n) is 8.31. The van der Waals surface area contributed by atoms with Crippen molar-refractivity contribution in [3.8, 4) is 5.75 Å². The average Bonchev–Trinajstić information content (AvgIpc) is 3.04. The molecule has 0 unspecified atom stereocenters. The lowest BCUT2D eigenvalue weighted by Crippen LogP contribution is -2.54. The lowest BCUT2D eigenvalue weighted by Gasteiger charge is -2.34. The number of hydrogen-bond acceptors (Lipinski definition) is 5. The number of hydrogen-bond donors (Lipinski definition) is 1. The molecule has 1 fully saturated rings. The van der Waals surface area contributed by atoms with Crippen LogP contribution in [0.15, 0.2) is 83.8 Å². The molecule has 3 aromatic rings. The van der Waals surface area contributed by atoms with E-state index in [1.54, 1.807) is 37.4 Å². The Labute approximate surface area is 262 Å². The van der Waals surface area contributed by atoms with Gasteiger partial charge in [-0.2, -0.15) is 0 Å². The van der Waals surface area contributed by atoms with Crippen molar-refractivity contribution in [3.63, 3.8) is 0 Å². The summed E-state index contributed by atoms with van der Waals surface area (Å²) < 4.78 is 34.5. The third kappa shape index (κ3) is 8.20. The molecule has 44 heavy (non-hydrogen) atoms. The molecule has 0 bridgehead atoms. The Hall–Kier alpha value is -3.85. The first-order valence-corrected chi connectivity index (χ1v) is 17.0. The number of nitrogens with one attached hydrogen (secondary N) is 1. The van der Waals surface area contributed by atoms with Crippen LogP contribution in [0.25, 0.3) is 0 Å². The molecule has 1 N–H and O–H groups in total. The van der Waals surface area contributed by atoms with E-state index in [0.29, 0.717) is 17.9 Å². The van der Waals surface area contributed by atoms with Crippen molar-refractivity contribution in [2.24, 2.45) is 0 Å². The minimum atomic E-state index is -4.10. The second-order valence-electron chi connectivity index (χ2n) is 11.7. The van der Waals surface area contributed by atoms with Gasteiger partial charge in [-0.1, -0.05) is 82.5 Å². The fourth-order valence-corrected chi connectivity index (χ4v) is 7.10. The number of rotatable bonds is 13. The first-order chi connectivity index (χ1) is 21.1. The molecular formula is C35H45N3O5S. The Kier molecular flexibility index (Phi) is 11.4. The predicted molar refractivity (Wildman–Crippen MR) is 174 cm³/mol. The van der Waals surface area contributed by atoms with Crippen LogP contribution in [0.3, 0.4) is 0 Å². The van der Waals surface area contributed by atoms with Crippen LogP contribution in [-0.2, 0) is 26.2 Å². The number of nitrogens with zero attached hydrogens (tertiary/aromatic N) is 2. The molecule has 1 saturated carbocycles. The van der Waals surface area contributed by atoms with E-state index in [1.165, 1.54) is 17.0 Å². The molecule has 0 saturated heterocycles.